The first kappa shape index (κ1) is 14.9. The molecule has 0 amide bonds. The first-order chi connectivity index (χ1) is 6.93. The van der Waals surface area contributed by atoms with Crippen LogP contribution in [0.2, 0.25) is 0 Å². The van der Waals surface area contributed by atoms with Crippen LogP contribution in [0.3, 0.4) is 0 Å². The summed E-state index contributed by atoms with van der Waals surface area (Å²) < 4.78 is 74.5. The SMILES string of the molecule is C=C(/C(C)=C(/F)N(C)C)C(F)(F)C(F)(F)F. The minimum atomic E-state index is -5.78. The Bertz CT molecular complexity index is 312. The Morgan fingerprint density at radius 3 is 1.69 bits per heavy atom. The molecule has 1 nitrogen and oxygen atoms in total. The molecular weight excluding hydrogens is 236 g/mol. The first-order valence-electron chi connectivity index (χ1n) is 4.11. The molecule has 0 unspecified atom stereocenters. The van der Waals surface area contributed by atoms with Crippen molar-refractivity contribution in [2.75, 3.05) is 14.1 Å². The molecule has 0 fully saturated rings. The topological polar surface area (TPSA) is 3.24 Å². The summed E-state index contributed by atoms with van der Waals surface area (Å²) in [6.07, 6.45) is -5.78. The Morgan fingerprint density at radius 2 is 1.44 bits per heavy atom. The standard InChI is InChI=1S/C9H11F6N/c1-5(7(10)16(3)4)6(2)8(11,12)9(13,14)15/h2H2,1,3-4H3/b7-5-. The largest absolute Gasteiger partial charge is 0.458 e. The molecule has 0 aliphatic rings. The molecule has 0 radical (unpaired) electrons. The van der Waals surface area contributed by atoms with E-state index >= 15 is 0 Å². The predicted octanol–water partition coefficient (Wildman–Crippen LogP) is 3.50. The first-order valence-corrected chi connectivity index (χ1v) is 4.11. The highest BCUT2D eigenvalue weighted by Crippen LogP contribution is 2.43. The molecule has 0 aromatic rings. The number of nitrogens with zero attached hydrogens (tertiary/aromatic N) is 1. The zero-order chi connectivity index (χ0) is 13.3. The molecule has 0 aliphatic heterocycles. The van der Waals surface area contributed by atoms with E-state index in [9.17, 15) is 26.3 Å². The quantitative estimate of drug-likeness (QED) is 0.419. The molecular formula is C9H11F6N. The van der Waals surface area contributed by atoms with E-state index in [1.54, 1.807) is 0 Å². The molecule has 16 heavy (non-hydrogen) atoms. The summed E-state index contributed by atoms with van der Waals surface area (Å²) in [6.45, 7) is 3.42. The van der Waals surface area contributed by atoms with Gasteiger partial charge in [0, 0.05) is 25.2 Å². The van der Waals surface area contributed by atoms with Gasteiger partial charge >= 0.3 is 12.1 Å². The summed E-state index contributed by atoms with van der Waals surface area (Å²) in [5.41, 5.74) is -2.42. The van der Waals surface area contributed by atoms with Crippen LogP contribution in [0.25, 0.3) is 0 Å². The normalized spacial score (nSPS) is 14.6. The molecule has 94 valence electrons. The van der Waals surface area contributed by atoms with Gasteiger partial charge in [0.05, 0.1) is 0 Å². The number of rotatable bonds is 3. The van der Waals surface area contributed by atoms with Gasteiger partial charge in [-0.2, -0.15) is 26.3 Å². The van der Waals surface area contributed by atoms with E-state index in [1.165, 1.54) is 14.1 Å². The van der Waals surface area contributed by atoms with Gasteiger partial charge in [-0.05, 0) is 6.92 Å². The molecule has 0 aliphatic carbocycles. The highest BCUT2D eigenvalue weighted by atomic mass is 19.4. The van der Waals surface area contributed by atoms with Crippen molar-refractivity contribution >= 4 is 0 Å². The Kier molecular flexibility index (Phi) is 4.07. The fourth-order valence-corrected chi connectivity index (χ4v) is 0.866. The Balaban J connectivity index is 5.33. The van der Waals surface area contributed by atoms with Crippen molar-refractivity contribution in [3.63, 3.8) is 0 Å². The van der Waals surface area contributed by atoms with Gasteiger partial charge in [-0.15, -0.1) is 0 Å². The molecule has 0 bridgehead atoms. The summed E-state index contributed by atoms with van der Waals surface area (Å²) >= 11 is 0. The molecule has 0 heterocycles. The minimum Gasteiger partial charge on any atom is -0.354 e. The molecule has 0 rings (SSSR count). The van der Waals surface area contributed by atoms with Gasteiger partial charge in [-0.3, -0.25) is 0 Å². The summed E-state index contributed by atoms with van der Waals surface area (Å²) in [6, 6.07) is 0. The lowest BCUT2D eigenvalue weighted by Gasteiger charge is -2.23. The number of hydrogen-bond acceptors (Lipinski definition) is 1. The molecule has 7 heteroatoms. The highest BCUT2D eigenvalue weighted by Gasteiger charge is 2.59. The minimum absolute atomic E-state index is 0.785. The average molecular weight is 247 g/mol. The molecule has 0 aromatic heterocycles. The van der Waals surface area contributed by atoms with Crippen molar-refractivity contribution in [1.29, 1.82) is 0 Å². The zero-order valence-corrected chi connectivity index (χ0v) is 8.92. The van der Waals surface area contributed by atoms with Crippen LogP contribution >= 0.6 is 0 Å². The maximum absolute atomic E-state index is 13.1. The lowest BCUT2D eigenvalue weighted by Crippen LogP contribution is -2.38. The number of hydrogen-bond donors (Lipinski definition) is 0. The number of halogens is 6. The van der Waals surface area contributed by atoms with Crippen molar-refractivity contribution in [2.24, 2.45) is 0 Å². The molecule has 0 aromatic carbocycles. The van der Waals surface area contributed by atoms with E-state index in [4.69, 9.17) is 0 Å². The smallest absolute Gasteiger partial charge is 0.354 e. The van der Waals surface area contributed by atoms with Crippen molar-refractivity contribution in [2.45, 2.75) is 19.0 Å². The van der Waals surface area contributed by atoms with Crippen molar-refractivity contribution in [1.82, 2.24) is 4.90 Å². The van der Waals surface area contributed by atoms with E-state index in [-0.39, 0.29) is 0 Å². The third-order valence-corrected chi connectivity index (χ3v) is 1.89. The second-order valence-corrected chi connectivity index (χ2v) is 3.36. The van der Waals surface area contributed by atoms with Crippen molar-refractivity contribution < 1.29 is 26.3 Å². The van der Waals surface area contributed by atoms with E-state index < -0.39 is 29.2 Å². The molecule has 0 spiro atoms. The third-order valence-electron chi connectivity index (χ3n) is 1.89. The maximum atomic E-state index is 13.1. The number of allylic oxidation sites excluding steroid dienone is 2. The molecule has 0 saturated heterocycles. The zero-order valence-electron chi connectivity index (χ0n) is 8.92. The van der Waals surface area contributed by atoms with Gasteiger partial charge in [-0.1, -0.05) is 6.58 Å². The lowest BCUT2D eigenvalue weighted by molar-refractivity contribution is -0.263. The van der Waals surface area contributed by atoms with Gasteiger partial charge in [-0.25, -0.2) is 0 Å². The summed E-state index contributed by atoms with van der Waals surface area (Å²) in [4.78, 5) is 0.785. The van der Waals surface area contributed by atoms with Crippen LogP contribution in [0.1, 0.15) is 6.92 Å². The van der Waals surface area contributed by atoms with Gasteiger partial charge in [0.2, 0.25) is 0 Å². The van der Waals surface area contributed by atoms with Crippen LogP contribution in [0.4, 0.5) is 26.3 Å². The van der Waals surface area contributed by atoms with Crippen LogP contribution in [0, 0.1) is 0 Å². The van der Waals surface area contributed by atoms with Crippen molar-refractivity contribution in [3.8, 4) is 0 Å². The monoisotopic (exact) mass is 247 g/mol. The van der Waals surface area contributed by atoms with Gasteiger partial charge in [0.25, 0.3) is 0 Å². The Labute approximate surface area is 89.0 Å². The summed E-state index contributed by atoms with van der Waals surface area (Å²) in [5, 5.41) is 0. The van der Waals surface area contributed by atoms with Gasteiger partial charge < -0.3 is 4.90 Å². The van der Waals surface area contributed by atoms with E-state index in [0.717, 1.165) is 11.8 Å². The van der Waals surface area contributed by atoms with Gasteiger partial charge in [0.1, 0.15) is 0 Å². The fraction of sp³-hybridized carbons (Fsp3) is 0.556. The molecule has 0 saturated carbocycles. The maximum Gasteiger partial charge on any atom is 0.458 e. The average Bonchev–Trinajstić information content (AvgIpc) is 2.12. The van der Waals surface area contributed by atoms with Crippen LogP contribution in [0.15, 0.2) is 23.7 Å². The van der Waals surface area contributed by atoms with Gasteiger partial charge in [0.15, 0.2) is 5.95 Å². The van der Waals surface area contributed by atoms with Crippen LogP contribution < -0.4 is 0 Å². The second kappa shape index (κ2) is 4.39. The van der Waals surface area contributed by atoms with Crippen LogP contribution in [-0.4, -0.2) is 31.1 Å². The summed E-state index contributed by atoms with van der Waals surface area (Å²) in [5.74, 6) is -6.32. The predicted molar refractivity (Wildman–Crippen MR) is 47.6 cm³/mol. The van der Waals surface area contributed by atoms with E-state index in [1.807, 2.05) is 0 Å². The summed E-state index contributed by atoms with van der Waals surface area (Å²) in [7, 11) is 2.36. The van der Waals surface area contributed by atoms with E-state index in [0.29, 0.717) is 0 Å². The number of alkyl halides is 5. The molecule has 0 atom stereocenters. The van der Waals surface area contributed by atoms with E-state index in [2.05, 4.69) is 6.58 Å². The van der Waals surface area contributed by atoms with Crippen molar-refractivity contribution in [3.05, 3.63) is 23.7 Å². The van der Waals surface area contributed by atoms with Crippen LogP contribution in [0.5, 0.6) is 0 Å². The third kappa shape index (κ3) is 2.70. The highest BCUT2D eigenvalue weighted by molar-refractivity contribution is 5.35. The van der Waals surface area contributed by atoms with Crippen LogP contribution in [-0.2, 0) is 0 Å². The Hall–Kier alpha value is -1.14. The fourth-order valence-electron chi connectivity index (χ4n) is 0.866. The lowest BCUT2D eigenvalue weighted by atomic mass is 10.0. The second-order valence-electron chi connectivity index (χ2n) is 3.36. The molecule has 0 N–H and O–H groups in total. The Morgan fingerprint density at radius 1 is 1.06 bits per heavy atom.